The van der Waals surface area contributed by atoms with Gasteiger partial charge in [0.05, 0.1) is 0 Å². The van der Waals surface area contributed by atoms with Crippen molar-refractivity contribution in [1.29, 1.82) is 0 Å². The van der Waals surface area contributed by atoms with Gasteiger partial charge < -0.3 is 15.0 Å². The maximum atomic E-state index is 12.2. The van der Waals surface area contributed by atoms with Crippen LogP contribution in [0.4, 0.5) is 4.79 Å². The third-order valence-corrected chi connectivity index (χ3v) is 5.08. The normalized spacial score (nSPS) is 23.8. The van der Waals surface area contributed by atoms with E-state index in [4.69, 9.17) is 4.74 Å². The van der Waals surface area contributed by atoms with Gasteiger partial charge in [-0.15, -0.1) is 0 Å². The van der Waals surface area contributed by atoms with Crippen LogP contribution in [-0.4, -0.2) is 42.3 Å². The second kappa shape index (κ2) is 8.91. The highest BCUT2D eigenvalue weighted by Gasteiger charge is 2.25. The van der Waals surface area contributed by atoms with Crippen LogP contribution < -0.4 is 5.32 Å². The van der Waals surface area contributed by atoms with E-state index >= 15 is 0 Å². The largest absolute Gasteiger partial charge is 0.444 e. The molecule has 0 aromatic carbocycles. The van der Waals surface area contributed by atoms with Gasteiger partial charge in [0.25, 0.3) is 0 Å². The molecule has 2 fully saturated rings. The van der Waals surface area contributed by atoms with Crippen LogP contribution in [-0.2, 0) is 4.74 Å². The molecule has 0 aromatic rings. The first-order valence-electron chi connectivity index (χ1n) is 9.65. The lowest BCUT2D eigenvalue weighted by Gasteiger charge is -2.26. The molecule has 4 nitrogen and oxygen atoms in total. The lowest BCUT2D eigenvalue weighted by atomic mass is 10.0. The Kier molecular flexibility index (Phi) is 7.19. The Bertz CT molecular complexity index is 359. The summed E-state index contributed by atoms with van der Waals surface area (Å²) in [6.45, 7) is 8.56. The van der Waals surface area contributed by atoms with Crippen LogP contribution in [0.5, 0.6) is 0 Å². The zero-order valence-corrected chi connectivity index (χ0v) is 15.4. The van der Waals surface area contributed by atoms with Crippen molar-refractivity contribution in [3.05, 3.63) is 0 Å². The van der Waals surface area contributed by atoms with Crippen molar-refractivity contribution >= 4 is 6.09 Å². The van der Waals surface area contributed by atoms with E-state index in [1.54, 1.807) is 0 Å². The highest BCUT2D eigenvalue weighted by molar-refractivity contribution is 5.68. The Hall–Kier alpha value is -0.770. The van der Waals surface area contributed by atoms with E-state index in [1.807, 2.05) is 25.7 Å². The molecular formula is C19H36N2O2. The lowest BCUT2D eigenvalue weighted by molar-refractivity contribution is 0.0256. The third kappa shape index (κ3) is 7.11. The van der Waals surface area contributed by atoms with Crippen LogP contribution in [0.2, 0.25) is 0 Å². The fourth-order valence-electron chi connectivity index (χ4n) is 3.81. The number of carbonyl (C=O) groups excluding carboxylic acids is 1. The standard InChI is InChI=1S/C19H36N2O2/c1-19(2,3)23-18(22)21-14-7-11-17(12-15-21)20-13-6-10-16-8-4-5-9-16/h16-17,20H,4-15H2,1-3H3. The Balaban J connectivity index is 1.62. The van der Waals surface area contributed by atoms with E-state index in [1.165, 1.54) is 44.9 Å². The van der Waals surface area contributed by atoms with Crippen molar-refractivity contribution in [2.24, 2.45) is 5.92 Å². The highest BCUT2D eigenvalue weighted by atomic mass is 16.6. The summed E-state index contributed by atoms with van der Waals surface area (Å²) in [4.78, 5) is 14.0. The number of hydrogen-bond acceptors (Lipinski definition) is 3. The van der Waals surface area contributed by atoms with E-state index in [-0.39, 0.29) is 6.09 Å². The lowest BCUT2D eigenvalue weighted by Crippen LogP contribution is -2.38. The zero-order chi connectivity index (χ0) is 16.7. The minimum absolute atomic E-state index is 0.153. The summed E-state index contributed by atoms with van der Waals surface area (Å²) in [6, 6.07) is 0.561. The molecule has 1 aliphatic heterocycles. The molecule has 1 atom stereocenters. The molecule has 4 heteroatoms. The number of likely N-dealkylation sites (tertiary alicyclic amines) is 1. The topological polar surface area (TPSA) is 41.6 Å². The zero-order valence-electron chi connectivity index (χ0n) is 15.4. The number of ether oxygens (including phenoxy) is 1. The molecule has 23 heavy (non-hydrogen) atoms. The molecule has 1 amide bonds. The number of nitrogens with one attached hydrogen (secondary N) is 1. The molecular weight excluding hydrogens is 288 g/mol. The molecule has 1 saturated heterocycles. The summed E-state index contributed by atoms with van der Waals surface area (Å²) in [7, 11) is 0. The van der Waals surface area contributed by atoms with E-state index < -0.39 is 5.60 Å². The Morgan fingerprint density at radius 1 is 1.09 bits per heavy atom. The van der Waals surface area contributed by atoms with Gasteiger partial charge in [0.2, 0.25) is 0 Å². The molecule has 1 saturated carbocycles. The number of hydrogen-bond donors (Lipinski definition) is 1. The van der Waals surface area contributed by atoms with E-state index in [2.05, 4.69) is 5.32 Å². The van der Waals surface area contributed by atoms with Gasteiger partial charge >= 0.3 is 6.09 Å². The number of amides is 1. The SMILES string of the molecule is CC(C)(C)OC(=O)N1CCCC(NCCCC2CCCC2)CC1. The van der Waals surface area contributed by atoms with Gasteiger partial charge in [-0.3, -0.25) is 0 Å². The van der Waals surface area contributed by atoms with Crippen molar-refractivity contribution in [1.82, 2.24) is 10.2 Å². The average Bonchev–Trinajstić information content (AvgIpc) is 2.86. The quantitative estimate of drug-likeness (QED) is 0.765. The van der Waals surface area contributed by atoms with E-state index in [0.717, 1.165) is 38.4 Å². The van der Waals surface area contributed by atoms with Crippen molar-refractivity contribution in [3.63, 3.8) is 0 Å². The Labute approximate surface area is 142 Å². The smallest absolute Gasteiger partial charge is 0.410 e. The highest BCUT2D eigenvalue weighted by Crippen LogP contribution is 2.28. The van der Waals surface area contributed by atoms with Crippen LogP contribution in [0.15, 0.2) is 0 Å². The van der Waals surface area contributed by atoms with Crippen molar-refractivity contribution < 1.29 is 9.53 Å². The van der Waals surface area contributed by atoms with Gasteiger partial charge in [-0.2, -0.15) is 0 Å². The number of nitrogens with zero attached hydrogens (tertiary/aromatic N) is 1. The van der Waals surface area contributed by atoms with Gasteiger partial charge in [0, 0.05) is 19.1 Å². The molecule has 2 rings (SSSR count). The molecule has 2 aliphatic rings. The maximum Gasteiger partial charge on any atom is 0.410 e. The molecule has 1 unspecified atom stereocenters. The first-order valence-corrected chi connectivity index (χ1v) is 9.65. The molecule has 0 spiro atoms. The summed E-state index contributed by atoms with van der Waals surface area (Å²) in [5.74, 6) is 0.994. The molecule has 1 heterocycles. The van der Waals surface area contributed by atoms with Gasteiger partial charge in [0.15, 0.2) is 0 Å². The van der Waals surface area contributed by atoms with E-state index in [9.17, 15) is 4.79 Å². The second-order valence-electron chi connectivity index (χ2n) is 8.34. The average molecular weight is 325 g/mol. The molecule has 1 N–H and O–H groups in total. The minimum Gasteiger partial charge on any atom is -0.444 e. The minimum atomic E-state index is -0.402. The Morgan fingerprint density at radius 2 is 1.83 bits per heavy atom. The van der Waals surface area contributed by atoms with Gasteiger partial charge in [-0.25, -0.2) is 4.79 Å². The first-order chi connectivity index (χ1) is 10.9. The van der Waals surface area contributed by atoms with Crippen molar-refractivity contribution in [2.75, 3.05) is 19.6 Å². The van der Waals surface area contributed by atoms with Gasteiger partial charge in [-0.05, 0) is 65.3 Å². The summed E-state index contributed by atoms with van der Waals surface area (Å²) in [5, 5.41) is 3.71. The summed E-state index contributed by atoms with van der Waals surface area (Å²) in [6.07, 6.45) is 11.6. The van der Waals surface area contributed by atoms with Crippen molar-refractivity contribution in [3.8, 4) is 0 Å². The van der Waals surface area contributed by atoms with Crippen LogP contribution >= 0.6 is 0 Å². The maximum absolute atomic E-state index is 12.2. The van der Waals surface area contributed by atoms with Gasteiger partial charge in [-0.1, -0.05) is 25.7 Å². The number of rotatable bonds is 5. The molecule has 134 valence electrons. The molecule has 0 bridgehead atoms. The summed E-state index contributed by atoms with van der Waals surface area (Å²) >= 11 is 0. The van der Waals surface area contributed by atoms with Crippen LogP contribution in [0.3, 0.4) is 0 Å². The number of carbonyl (C=O) groups is 1. The summed E-state index contributed by atoms with van der Waals surface area (Å²) in [5.41, 5.74) is -0.402. The monoisotopic (exact) mass is 324 g/mol. The predicted molar refractivity (Wildman–Crippen MR) is 94.6 cm³/mol. The first kappa shape index (κ1) is 18.6. The molecule has 0 radical (unpaired) electrons. The third-order valence-electron chi connectivity index (χ3n) is 5.08. The van der Waals surface area contributed by atoms with Crippen LogP contribution in [0.25, 0.3) is 0 Å². The fraction of sp³-hybridized carbons (Fsp3) is 0.947. The van der Waals surface area contributed by atoms with Gasteiger partial charge in [0.1, 0.15) is 5.60 Å². The van der Waals surface area contributed by atoms with Crippen molar-refractivity contribution in [2.45, 2.75) is 90.2 Å². The summed E-state index contributed by atoms with van der Waals surface area (Å²) < 4.78 is 5.49. The second-order valence-corrected chi connectivity index (χ2v) is 8.34. The predicted octanol–water partition coefficient (Wildman–Crippen LogP) is 4.34. The van der Waals surface area contributed by atoms with Crippen LogP contribution in [0, 0.1) is 5.92 Å². The fourth-order valence-corrected chi connectivity index (χ4v) is 3.81. The van der Waals surface area contributed by atoms with Crippen LogP contribution in [0.1, 0.15) is 78.6 Å². The Morgan fingerprint density at radius 3 is 2.52 bits per heavy atom. The van der Waals surface area contributed by atoms with E-state index in [0.29, 0.717) is 6.04 Å². The molecule has 1 aliphatic carbocycles. The molecule has 0 aromatic heterocycles.